The summed E-state index contributed by atoms with van der Waals surface area (Å²) in [7, 11) is 0. The Morgan fingerprint density at radius 2 is 1.94 bits per heavy atom. The van der Waals surface area contributed by atoms with E-state index in [1.165, 1.54) is 0 Å². The molecule has 0 aromatic heterocycles. The van der Waals surface area contributed by atoms with E-state index in [-0.39, 0.29) is 12.5 Å². The minimum Gasteiger partial charge on any atom is -0.380 e. The van der Waals surface area contributed by atoms with E-state index in [4.69, 9.17) is 4.74 Å². The van der Waals surface area contributed by atoms with Crippen molar-refractivity contribution in [2.45, 2.75) is 51.7 Å². The molecule has 0 heterocycles. The molecule has 0 saturated carbocycles. The van der Waals surface area contributed by atoms with Gasteiger partial charge >= 0.3 is 6.18 Å². The van der Waals surface area contributed by atoms with Gasteiger partial charge in [0.2, 0.25) is 0 Å². The predicted molar refractivity (Wildman–Crippen MR) is 58.5 cm³/mol. The zero-order valence-corrected chi connectivity index (χ0v) is 10.1. The van der Waals surface area contributed by atoms with E-state index in [2.05, 4.69) is 5.32 Å². The Kier molecular flexibility index (Phi) is 8.66. The summed E-state index contributed by atoms with van der Waals surface area (Å²) in [6.07, 6.45) is -3.09. The third-order valence-electron chi connectivity index (χ3n) is 2.22. The van der Waals surface area contributed by atoms with Gasteiger partial charge in [-0.1, -0.05) is 6.92 Å². The van der Waals surface area contributed by atoms with Crippen molar-refractivity contribution in [1.29, 1.82) is 0 Å². The average molecular weight is 241 g/mol. The van der Waals surface area contributed by atoms with Crippen LogP contribution in [0.15, 0.2) is 0 Å². The second kappa shape index (κ2) is 8.82. The highest BCUT2D eigenvalue weighted by atomic mass is 19.4. The van der Waals surface area contributed by atoms with Crippen LogP contribution in [0.2, 0.25) is 0 Å². The van der Waals surface area contributed by atoms with E-state index in [0.717, 1.165) is 13.0 Å². The normalized spacial score (nSPS) is 14.1. The second-order valence-corrected chi connectivity index (χ2v) is 3.82. The molecule has 0 fully saturated rings. The van der Waals surface area contributed by atoms with Crippen LogP contribution < -0.4 is 5.32 Å². The summed E-state index contributed by atoms with van der Waals surface area (Å²) in [6.45, 7) is 5.83. The SMILES string of the molecule is CCCNC(CCCC(F)(F)F)COCC. The van der Waals surface area contributed by atoms with E-state index in [9.17, 15) is 13.2 Å². The summed E-state index contributed by atoms with van der Waals surface area (Å²) in [5.41, 5.74) is 0. The first-order valence-corrected chi connectivity index (χ1v) is 5.87. The van der Waals surface area contributed by atoms with Crippen molar-refractivity contribution in [1.82, 2.24) is 5.32 Å². The van der Waals surface area contributed by atoms with Crippen molar-refractivity contribution in [3.63, 3.8) is 0 Å². The number of alkyl halides is 3. The van der Waals surface area contributed by atoms with Crippen molar-refractivity contribution < 1.29 is 17.9 Å². The highest BCUT2D eigenvalue weighted by molar-refractivity contribution is 4.67. The number of halogens is 3. The molecule has 1 unspecified atom stereocenters. The number of hydrogen-bond donors (Lipinski definition) is 1. The van der Waals surface area contributed by atoms with Gasteiger partial charge in [-0.05, 0) is 32.7 Å². The first-order chi connectivity index (χ1) is 7.49. The molecule has 2 nitrogen and oxygen atoms in total. The third-order valence-corrected chi connectivity index (χ3v) is 2.22. The first kappa shape index (κ1) is 15.7. The van der Waals surface area contributed by atoms with Gasteiger partial charge in [-0.25, -0.2) is 0 Å². The highest BCUT2D eigenvalue weighted by Crippen LogP contribution is 2.22. The van der Waals surface area contributed by atoms with E-state index >= 15 is 0 Å². The van der Waals surface area contributed by atoms with Crippen LogP contribution in [0.1, 0.15) is 39.5 Å². The van der Waals surface area contributed by atoms with Gasteiger partial charge in [0.25, 0.3) is 0 Å². The van der Waals surface area contributed by atoms with Crippen LogP contribution in [0.3, 0.4) is 0 Å². The van der Waals surface area contributed by atoms with Crippen LogP contribution in [-0.4, -0.2) is 32.0 Å². The van der Waals surface area contributed by atoms with Gasteiger partial charge in [0.05, 0.1) is 6.61 Å². The molecule has 0 rings (SSSR count). The van der Waals surface area contributed by atoms with Gasteiger partial charge in [0, 0.05) is 19.1 Å². The molecule has 16 heavy (non-hydrogen) atoms. The topological polar surface area (TPSA) is 21.3 Å². The first-order valence-electron chi connectivity index (χ1n) is 5.87. The monoisotopic (exact) mass is 241 g/mol. The number of hydrogen-bond acceptors (Lipinski definition) is 2. The van der Waals surface area contributed by atoms with Crippen molar-refractivity contribution in [3.05, 3.63) is 0 Å². The van der Waals surface area contributed by atoms with Crippen molar-refractivity contribution in [3.8, 4) is 0 Å². The molecule has 0 spiro atoms. The number of rotatable bonds is 9. The Labute approximate surface area is 95.5 Å². The fourth-order valence-electron chi connectivity index (χ4n) is 1.40. The predicted octanol–water partition coefficient (Wildman–Crippen LogP) is 3.12. The fourth-order valence-corrected chi connectivity index (χ4v) is 1.40. The Morgan fingerprint density at radius 3 is 2.44 bits per heavy atom. The maximum absolute atomic E-state index is 12.0. The molecule has 0 aromatic rings. The smallest absolute Gasteiger partial charge is 0.380 e. The molecular weight excluding hydrogens is 219 g/mol. The van der Waals surface area contributed by atoms with Gasteiger partial charge in [-0.3, -0.25) is 0 Å². The molecule has 0 aliphatic carbocycles. The van der Waals surface area contributed by atoms with Crippen LogP contribution in [0.5, 0.6) is 0 Å². The van der Waals surface area contributed by atoms with E-state index in [1.54, 1.807) is 0 Å². The molecule has 5 heteroatoms. The van der Waals surface area contributed by atoms with Gasteiger partial charge in [0.1, 0.15) is 0 Å². The summed E-state index contributed by atoms with van der Waals surface area (Å²) in [6, 6.07) is 0.0437. The van der Waals surface area contributed by atoms with E-state index < -0.39 is 12.6 Å². The van der Waals surface area contributed by atoms with Crippen LogP contribution in [0, 0.1) is 0 Å². The van der Waals surface area contributed by atoms with Gasteiger partial charge < -0.3 is 10.1 Å². The molecule has 1 atom stereocenters. The summed E-state index contributed by atoms with van der Waals surface area (Å²) in [5.74, 6) is 0. The standard InChI is InChI=1S/C11H22F3NO/c1-3-8-15-10(9-16-4-2)6-5-7-11(12,13)14/h10,15H,3-9H2,1-2H3. The Bertz CT molecular complexity index is 154. The molecule has 0 bridgehead atoms. The molecule has 0 aromatic carbocycles. The van der Waals surface area contributed by atoms with Gasteiger partial charge in [-0.2, -0.15) is 13.2 Å². The van der Waals surface area contributed by atoms with Gasteiger partial charge in [0.15, 0.2) is 0 Å². The Balaban J connectivity index is 3.72. The largest absolute Gasteiger partial charge is 0.389 e. The lowest BCUT2D eigenvalue weighted by Crippen LogP contribution is -2.34. The van der Waals surface area contributed by atoms with Crippen molar-refractivity contribution in [2.75, 3.05) is 19.8 Å². The van der Waals surface area contributed by atoms with Crippen LogP contribution in [0.4, 0.5) is 13.2 Å². The molecular formula is C11H22F3NO. The summed E-state index contributed by atoms with van der Waals surface area (Å²) >= 11 is 0. The lowest BCUT2D eigenvalue weighted by Gasteiger charge is -2.18. The maximum Gasteiger partial charge on any atom is 0.389 e. The van der Waals surface area contributed by atoms with Gasteiger partial charge in [-0.15, -0.1) is 0 Å². The maximum atomic E-state index is 12.0. The highest BCUT2D eigenvalue weighted by Gasteiger charge is 2.26. The lowest BCUT2D eigenvalue weighted by atomic mass is 10.1. The van der Waals surface area contributed by atoms with Crippen LogP contribution in [-0.2, 0) is 4.74 Å². The number of nitrogens with one attached hydrogen (secondary N) is 1. The van der Waals surface area contributed by atoms with Crippen LogP contribution in [0.25, 0.3) is 0 Å². The van der Waals surface area contributed by atoms with E-state index in [1.807, 2.05) is 13.8 Å². The van der Waals surface area contributed by atoms with Crippen molar-refractivity contribution in [2.24, 2.45) is 0 Å². The summed E-state index contributed by atoms with van der Waals surface area (Å²) in [5, 5.41) is 3.20. The molecule has 98 valence electrons. The Hall–Kier alpha value is -0.290. The fraction of sp³-hybridized carbons (Fsp3) is 1.00. The third kappa shape index (κ3) is 10.2. The zero-order valence-electron chi connectivity index (χ0n) is 10.1. The van der Waals surface area contributed by atoms with Crippen LogP contribution >= 0.6 is 0 Å². The Morgan fingerprint density at radius 1 is 1.25 bits per heavy atom. The molecule has 1 N–H and O–H groups in total. The van der Waals surface area contributed by atoms with Crippen molar-refractivity contribution >= 4 is 0 Å². The lowest BCUT2D eigenvalue weighted by molar-refractivity contribution is -0.136. The quantitative estimate of drug-likeness (QED) is 0.669. The number of ether oxygens (including phenoxy) is 1. The average Bonchev–Trinajstić information content (AvgIpc) is 2.19. The van der Waals surface area contributed by atoms with E-state index in [0.29, 0.717) is 19.6 Å². The molecule has 0 amide bonds. The minimum atomic E-state index is -4.04. The summed E-state index contributed by atoms with van der Waals surface area (Å²) < 4.78 is 41.1. The molecule has 0 aliphatic heterocycles. The molecule has 0 aliphatic rings. The zero-order chi connectivity index (χ0) is 12.4. The minimum absolute atomic E-state index is 0.0437. The second-order valence-electron chi connectivity index (χ2n) is 3.82. The molecule has 0 saturated heterocycles. The molecule has 0 radical (unpaired) electrons. The summed E-state index contributed by atoms with van der Waals surface area (Å²) in [4.78, 5) is 0.